The molecule has 0 spiro atoms. The summed E-state index contributed by atoms with van der Waals surface area (Å²) >= 11 is 0. The van der Waals surface area contributed by atoms with Crippen LogP contribution in [0.2, 0.25) is 0 Å². The lowest BCUT2D eigenvalue weighted by atomic mass is 10.1. The number of hydrogen-bond acceptors (Lipinski definition) is 4. The molecule has 1 fully saturated rings. The van der Waals surface area contributed by atoms with Crippen molar-refractivity contribution in [1.29, 1.82) is 0 Å². The molecule has 2 rings (SSSR count). The maximum atomic E-state index is 13.3. The first-order valence-electron chi connectivity index (χ1n) is 6.34. The second-order valence-corrected chi connectivity index (χ2v) is 6.59. The molecular weight excluding hydrogens is 331 g/mol. The van der Waals surface area contributed by atoms with Gasteiger partial charge in [0.15, 0.2) is 0 Å². The maximum Gasteiger partial charge on any atom is 0.501 e. The summed E-state index contributed by atoms with van der Waals surface area (Å²) < 4.78 is 87.7. The Hall–Kier alpha value is -1.42. The Kier molecular flexibility index (Phi) is 4.62. The molecule has 22 heavy (non-hydrogen) atoms. The SMILES string of the molecule is O=S(=O)(c1cccc(N2CCNCC2)c1C(F)F)C(F)(F)F. The number of nitrogens with zero attached hydrogens (tertiary/aromatic N) is 1. The van der Waals surface area contributed by atoms with Crippen LogP contribution in [-0.4, -0.2) is 40.1 Å². The third-order valence-electron chi connectivity index (χ3n) is 3.31. The fourth-order valence-electron chi connectivity index (χ4n) is 2.29. The third-order valence-corrected chi connectivity index (χ3v) is 4.86. The highest BCUT2D eigenvalue weighted by Gasteiger charge is 2.49. The Morgan fingerprint density at radius 2 is 1.73 bits per heavy atom. The molecule has 0 aromatic heterocycles. The first kappa shape index (κ1) is 16.9. The van der Waals surface area contributed by atoms with Crippen LogP contribution >= 0.6 is 0 Å². The van der Waals surface area contributed by atoms with E-state index in [1.807, 2.05) is 0 Å². The van der Waals surface area contributed by atoms with Gasteiger partial charge in [-0.25, -0.2) is 17.2 Å². The topological polar surface area (TPSA) is 49.4 Å². The molecule has 0 radical (unpaired) electrons. The van der Waals surface area contributed by atoms with Crippen molar-refractivity contribution >= 4 is 15.5 Å². The lowest BCUT2D eigenvalue weighted by molar-refractivity contribution is -0.0437. The molecule has 1 aliphatic rings. The van der Waals surface area contributed by atoms with Crippen molar-refractivity contribution in [2.45, 2.75) is 16.8 Å². The van der Waals surface area contributed by atoms with Crippen molar-refractivity contribution in [3.05, 3.63) is 23.8 Å². The lowest BCUT2D eigenvalue weighted by Gasteiger charge is -2.31. The zero-order valence-corrected chi connectivity index (χ0v) is 12.0. The van der Waals surface area contributed by atoms with E-state index in [1.54, 1.807) is 0 Å². The molecule has 124 valence electrons. The van der Waals surface area contributed by atoms with Crippen LogP contribution in [0.25, 0.3) is 0 Å². The first-order chi connectivity index (χ1) is 10.2. The van der Waals surface area contributed by atoms with E-state index in [0.717, 1.165) is 6.07 Å². The Labute approximate surface area is 123 Å². The van der Waals surface area contributed by atoms with E-state index in [2.05, 4.69) is 5.32 Å². The van der Waals surface area contributed by atoms with Crippen LogP contribution in [0.5, 0.6) is 0 Å². The number of halogens is 5. The van der Waals surface area contributed by atoms with E-state index >= 15 is 0 Å². The normalized spacial score (nSPS) is 17.1. The van der Waals surface area contributed by atoms with E-state index in [4.69, 9.17) is 0 Å². The summed E-state index contributed by atoms with van der Waals surface area (Å²) in [5.41, 5.74) is -6.90. The lowest BCUT2D eigenvalue weighted by Crippen LogP contribution is -2.44. The standard InChI is InChI=1S/C12H13F5N2O2S/c13-11(14)10-8(19-6-4-18-5-7-19)2-1-3-9(10)22(20,21)12(15,16)17/h1-3,11,18H,4-7H2. The van der Waals surface area contributed by atoms with Crippen molar-refractivity contribution < 1.29 is 30.4 Å². The molecule has 0 atom stereocenters. The molecule has 0 bridgehead atoms. The number of hydrogen-bond donors (Lipinski definition) is 1. The van der Waals surface area contributed by atoms with Gasteiger partial charge in [0.05, 0.1) is 10.5 Å². The van der Waals surface area contributed by atoms with Gasteiger partial charge in [-0.2, -0.15) is 13.2 Å². The quantitative estimate of drug-likeness (QED) is 0.855. The Morgan fingerprint density at radius 3 is 2.23 bits per heavy atom. The average Bonchev–Trinajstić information content (AvgIpc) is 2.46. The molecule has 0 saturated carbocycles. The highest BCUT2D eigenvalue weighted by molar-refractivity contribution is 7.92. The molecule has 1 aliphatic heterocycles. The van der Waals surface area contributed by atoms with Gasteiger partial charge in [-0.1, -0.05) is 6.07 Å². The summed E-state index contributed by atoms with van der Waals surface area (Å²) in [6, 6.07) is 2.82. The summed E-state index contributed by atoms with van der Waals surface area (Å²) in [5.74, 6) is 0. The summed E-state index contributed by atoms with van der Waals surface area (Å²) in [4.78, 5) is 0.0685. The Bertz CT molecular complexity index is 639. The summed E-state index contributed by atoms with van der Waals surface area (Å²) in [7, 11) is -5.84. The first-order valence-corrected chi connectivity index (χ1v) is 7.82. The van der Waals surface area contributed by atoms with Crippen LogP contribution in [0, 0.1) is 0 Å². The van der Waals surface area contributed by atoms with Gasteiger partial charge in [-0.05, 0) is 12.1 Å². The highest BCUT2D eigenvalue weighted by atomic mass is 32.2. The number of sulfone groups is 1. The molecule has 0 aliphatic carbocycles. The second-order valence-electron chi connectivity index (χ2n) is 4.68. The minimum Gasteiger partial charge on any atom is -0.369 e. The van der Waals surface area contributed by atoms with E-state index < -0.39 is 32.2 Å². The summed E-state index contributed by atoms with van der Waals surface area (Å²) in [6.07, 6.45) is -3.33. The Morgan fingerprint density at radius 1 is 1.14 bits per heavy atom. The molecule has 4 nitrogen and oxygen atoms in total. The molecule has 10 heteroatoms. The fraction of sp³-hybridized carbons (Fsp3) is 0.500. The number of piperazine rings is 1. The van der Waals surface area contributed by atoms with Gasteiger partial charge < -0.3 is 10.2 Å². The van der Waals surface area contributed by atoms with Gasteiger partial charge in [0.1, 0.15) is 0 Å². The second kappa shape index (κ2) is 5.99. The molecule has 1 aromatic rings. The van der Waals surface area contributed by atoms with Gasteiger partial charge in [-0.3, -0.25) is 0 Å². The van der Waals surface area contributed by atoms with Gasteiger partial charge >= 0.3 is 5.51 Å². The van der Waals surface area contributed by atoms with Gasteiger partial charge in [0, 0.05) is 31.9 Å². The van der Waals surface area contributed by atoms with Gasteiger partial charge in [0.25, 0.3) is 16.3 Å². The predicted molar refractivity (Wildman–Crippen MR) is 69.7 cm³/mol. The largest absolute Gasteiger partial charge is 0.501 e. The van der Waals surface area contributed by atoms with Gasteiger partial charge in [-0.15, -0.1) is 0 Å². The molecular formula is C12H13F5N2O2S. The van der Waals surface area contributed by atoms with E-state index in [-0.39, 0.29) is 5.69 Å². The zero-order valence-electron chi connectivity index (χ0n) is 11.2. The number of rotatable bonds is 3. The third kappa shape index (κ3) is 3.02. The van der Waals surface area contributed by atoms with E-state index in [0.29, 0.717) is 32.2 Å². The van der Waals surface area contributed by atoms with Crippen molar-refractivity contribution in [3.63, 3.8) is 0 Å². The van der Waals surface area contributed by atoms with Crippen molar-refractivity contribution in [2.75, 3.05) is 31.1 Å². The number of nitrogens with one attached hydrogen (secondary N) is 1. The maximum absolute atomic E-state index is 13.3. The fourth-order valence-corrected chi connectivity index (χ4v) is 3.28. The minimum absolute atomic E-state index is 0.179. The van der Waals surface area contributed by atoms with Crippen molar-refractivity contribution in [2.24, 2.45) is 0 Å². The molecule has 1 heterocycles. The molecule has 0 unspecified atom stereocenters. The predicted octanol–water partition coefficient (Wildman–Crippen LogP) is 2.33. The van der Waals surface area contributed by atoms with Crippen LogP contribution in [0.1, 0.15) is 12.0 Å². The number of alkyl halides is 5. The van der Waals surface area contributed by atoms with Crippen LogP contribution in [0.15, 0.2) is 23.1 Å². The van der Waals surface area contributed by atoms with E-state index in [9.17, 15) is 30.4 Å². The van der Waals surface area contributed by atoms with Crippen molar-refractivity contribution in [1.82, 2.24) is 5.32 Å². The summed E-state index contributed by atoms with van der Waals surface area (Å²) in [5, 5.41) is 2.97. The van der Waals surface area contributed by atoms with Crippen LogP contribution < -0.4 is 10.2 Å². The Balaban J connectivity index is 2.61. The zero-order chi connectivity index (χ0) is 16.5. The summed E-state index contributed by atoms with van der Waals surface area (Å²) in [6.45, 7) is 1.54. The van der Waals surface area contributed by atoms with E-state index in [1.165, 1.54) is 11.0 Å². The molecule has 1 saturated heterocycles. The minimum atomic E-state index is -5.84. The van der Waals surface area contributed by atoms with Gasteiger partial charge in [0.2, 0.25) is 0 Å². The average molecular weight is 344 g/mol. The van der Waals surface area contributed by atoms with Crippen LogP contribution in [-0.2, 0) is 9.84 Å². The molecule has 0 amide bonds. The monoisotopic (exact) mass is 344 g/mol. The van der Waals surface area contributed by atoms with Crippen LogP contribution in [0.3, 0.4) is 0 Å². The number of benzene rings is 1. The molecule has 1 N–H and O–H groups in total. The van der Waals surface area contributed by atoms with Crippen LogP contribution in [0.4, 0.5) is 27.6 Å². The van der Waals surface area contributed by atoms with Crippen molar-refractivity contribution in [3.8, 4) is 0 Å². The smallest absolute Gasteiger partial charge is 0.369 e. The highest BCUT2D eigenvalue weighted by Crippen LogP contribution is 2.40. The molecule has 1 aromatic carbocycles. The number of anilines is 1.